The third-order valence-corrected chi connectivity index (χ3v) is 2.67. The molecule has 0 aliphatic rings. The van der Waals surface area contributed by atoms with E-state index in [1.54, 1.807) is 7.11 Å². The first-order chi connectivity index (χ1) is 8.31. The van der Waals surface area contributed by atoms with Crippen molar-refractivity contribution in [2.24, 2.45) is 0 Å². The predicted octanol–water partition coefficient (Wildman–Crippen LogP) is 1.66. The number of pyridine rings is 1. The molecule has 0 unspecified atom stereocenters. The van der Waals surface area contributed by atoms with Gasteiger partial charge in [0, 0.05) is 38.6 Å². The van der Waals surface area contributed by atoms with E-state index in [0.29, 0.717) is 0 Å². The molecule has 0 saturated carbocycles. The summed E-state index contributed by atoms with van der Waals surface area (Å²) in [5, 5.41) is 3.29. The summed E-state index contributed by atoms with van der Waals surface area (Å²) in [5.74, 6) is 0. The summed E-state index contributed by atoms with van der Waals surface area (Å²) in [6, 6.07) is 4.19. The van der Waals surface area contributed by atoms with Gasteiger partial charge in [0.2, 0.25) is 0 Å². The molecule has 0 bridgehead atoms. The average Bonchev–Trinajstić information content (AvgIpc) is 2.38. The molecular weight excluding hydrogens is 214 g/mol. The molecule has 0 amide bonds. The van der Waals surface area contributed by atoms with Gasteiger partial charge in [0.05, 0.1) is 12.3 Å². The molecule has 0 fully saturated rings. The maximum Gasteiger partial charge on any atom is 0.0637 e. The van der Waals surface area contributed by atoms with Gasteiger partial charge in [0.25, 0.3) is 0 Å². The van der Waals surface area contributed by atoms with Crippen LogP contribution in [0.2, 0.25) is 0 Å². The minimum absolute atomic E-state index is 0.749. The van der Waals surface area contributed by atoms with Crippen molar-refractivity contribution in [3.63, 3.8) is 0 Å². The van der Waals surface area contributed by atoms with Crippen LogP contribution >= 0.6 is 0 Å². The molecule has 1 heterocycles. The van der Waals surface area contributed by atoms with Crippen molar-refractivity contribution in [1.82, 2.24) is 10.3 Å². The van der Waals surface area contributed by atoms with Gasteiger partial charge >= 0.3 is 0 Å². The SMILES string of the molecule is CCNCc1cc(N(CC)CCOC)ccn1. The van der Waals surface area contributed by atoms with Crippen LogP contribution in [0.15, 0.2) is 18.3 Å². The van der Waals surface area contributed by atoms with Gasteiger partial charge in [0.15, 0.2) is 0 Å². The van der Waals surface area contributed by atoms with Crippen LogP contribution in [0.4, 0.5) is 5.69 Å². The lowest BCUT2D eigenvalue weighted by atomic mass is 10.2. The van der Waals surface area contributed by atoms with Crippen molar-refractivity contribution >= 4 is 5.69 Å². The Balaban J connectivity index is 2.66. The fraction of sp³-hybridized carbons (Fsp3) is 0.615. The zero-order valence-electron chi connectivity index (χ0n) is 11.1. The lowest BCUT2D eigenvalue weighted by molar-refractivity contribution is 0.205. The zero-order valence-corrected chi connectivity index (χ0v) is 11.1. The zero-order chi connectivity index (χ0) is 12.5. The molecule has 1 aromatic rings. The van der Waals surface area contributed by atoms with Crippen molar-refractivity contribution in [2.75, 3.05) is 38.3 Å². The Bertz CT molecular complexity index is 317. The number of hydrogen-bond acceptors (Lipinski definition) is 4. The Morgan fingerprint density at radius 3 is 2.88 bits per heavy atom. The number of rotatable bonds is 8. The molecule has 1 N–H and O–H groups in total. The van der Waals surface area contributed by atoms with Crippen LogP contribution in [0.25, 0.3) is 0 Å². The van der Waals surface area contributed by atoms with Crippen LogP contribution in [0.1, 0.15) is 19.5 Å². The van der Waals surface area contributed by atoms with Crippen molar-refractivity contribution in [2.45, 2.75) is 20.4 Å². The van der Waals surface area contributed by atoms with Crippen LogP contribution in [0.3, 0.4) is 0 Å². The Labute approximate surface area is 104 Å². The quantitative estimate of drug-likeness (QED) is 0.746. The van der Waals surface area contributed by atoms with Crippen LogP contribution < -0.4 is 10.2 Å². The van der Waals surface area contributed by atoms with E-state index in [4.69, 9.17) is 4.74 Å². The highest BCUT2D eigenvalue weighted by Crippen LogP contribution is 2.14. The van der Waals surface area contributed by atoms with Crippen molar-refractivity contribution in [1.29, 1.82) is 0 Å². The molecule has 1 rings (SSSR count). The second kappa shape index (κ2) is 8.03. The number of likely N-dealkylation sites (N-methyl/N-ethyl adjacent to an activating group) is 1. The maximum absolute atomic E-state index is 5.12. The van der Waals surface area contributed by atoms with Gasteiger partial charge < -0.3 is 15.0 Å². The van der Waals surface area contributed by atoms with Gasteiger partial charge in [-0.05, 0) is 25.6 Å². The molecule has 17 heavy (non-hydrogen) atoms. The fourth-order valence-corrected chi connectivity index (χ4v) is 1.68. The van der Waals surface area contributed by atoms with E-state index in [1.807, 2.05) is 6.20 Å². The summed E-state index contributed by atoms with van der Waals surface area (Å²) in [5.41, 5.74) is 2.30. The Hall–Kier alpha value is -1.13. The third kappa shape index (κ3) is 4.71. The summed E-state index contributed by atoms with van der Waals surface area (Å²) in [6.45, 7) is 8.68. The minimum atomic E-state index is 0.749. The van der Waals surface area contributed by atoms with Gasteiger partial charge in [-0.25, -0.2) is 0 Å². The van der Waals surface area contributed by atoms with Crippen LogP contribution in [0, 0.1) is 0 Å². The van der Waals surface area contributed by atoms with Gasteiger partial charge in [-0.1, -0.05) is 6.92 Å². The first-order valence-electron chi connectivity index (χ1n) is 6.21. The van der Waals surface area contributed by atoms with Crippen molar-refractivity contribution < 1.29 is 4.74 Å². The first kappa shape index (κ1) is 13.9. The number of anilines is 1. The topological polar surface area (TPSA) is 37.4 Å². The normalized spacial score (nSPS) is 10.5. The lowest BCUT2D eigenvalue weighted by Gasteiger charge is -2.23. The number of ether oxygens (including phenoxy) is 1. The highest BCUT2D eigenvalue weighted by molar-refractivity contribution is 5.46. The average molecular weight is 237 g/mol. The largest absolute Gasteiger partial charge is 0.383 e. The molecular formula is C13H23N3O. The van der Waals surface area contributed by atoms with Gasteiger partial charge in [-0.2, -0.15) is 0 Å². The number of nitrogens with one attached hydrogen (secondary N) is 1. The second-order valence-electron chi connectivity index (χ2n) is 3.86. The van der Waals surface area contributed by atoms with E-state index in [0.717, 1.165) is 38.5 Å². The molecule has 0 spiro atoms. The van der Waals surface area contributed by atoms with E-state index in [1.165, 1.54) is 5.69 Å². The number of aromatic nitrogens is 1. The summed E-state index contributed by atoms with van der Waals surface area (Å²) < 4.78 is 5.12. The van der Waals surface area contributed by atoms with E-state index in [-0.39, 0.29) is 0 Å². The Morgan fingerprint density at radius 2 is 2.24 bits per heavy atom. The molecule has 4 nitrogen and oxygen atoms in total. The molecule has 1 aromatic heterocycles. The Morgan fingerprint density at radius 1 is 1.41 bits per heavy atom. The molecule has 96 valence electrons. The second-order valence-corrected chi connectivity index (χ2v) is 3.86. The minimum Gasteiger partial charge on any atom is -0.383 e. The van der Waals surface area contributed by atoms with E-state index in [2.05, 4.69) is 41.2 Å². The van der Waals surface area contributed by atoms with Crippen LogP contribution in [0.5, 0.6) is 0 Å². The summed E-state index contributed by atoms with van der Waals surface area (Å²) in [6.07, 6.45) is 1.87. The van der Waals surface area contributed by atoms with Gasteiger partial charge in [-0.15, -0.1) is 0 Å². The number of nitrogens with zero attached hydrogens (tertiary/aromatic N) is 2. The van der Waals surface area contributed by atoms with Crippen molar-refractivity contribution in [3.05, 3.63) is 24.0 Å². The number of methoxy groups -OCH3 is 1. The fourth-order valence-electron chi connectivity index (χ4n) is 1.68. The summed E-state index contributed by atoms with van der Waals surface area (Å²) in [4.78, 5) is 6.65. The smallest absolute Gasteiger partial charge is 0.0637 e. The summed E-state index contributed by atoms with van der Waals surface area (Å²) >= 11 is 0. The molecule has 0 radical (unpaired) electrons. The Kier molecular flexibility index (Phi) is 6.58. The molecule has 0 atom stereocenters. The lowest BCUT2D eigenvalue weighted by Crippen LogP contribution is -2.27. The molecule has 0 saturated heterocycles. The van der Waals surface area contributed by atoms with Crippen LogP contribution in [-0.2, 0) is 11.3 Å². The van der Waals surface area contributed by atoms with Gasteiger partial charge in [0.1, 0.15) is 0 Å². The van der Waals surface area contributed by atoms with E-state index in [9.17, 15) is 0 Å². The summed E-state index contributed by atoms with van der Waals surface area (Å²) in [7, 11) is 1.73. The number of hydrogen-bond donors (Lipinski definition) is 1. The molecule has 0 aliphatic heterocycles. The van der Waals surface area contributed by atoms with E-state index >= 15 is 0 Å². The molecule has 4 heteroatoms. The van der Waals surface area contributed by atoms with Crippen LogP contribution in [-0.4, -0.2) is 38.3 Å². The standard InChI is InChI=1S/C13H23N3O/c1-4-14-11-12-10-13(6-7-15-12)16(5-2)8-9-17-3/h6-7,10,14H,4-5,8-9,11H2,1-3H3. The third-order valence-electron chi connectivity index (χ3n) is 2.67. The van der Waals surface area contributed by atoms with E-state index < -0.39 is 0 Å². The first-order valence-corrected chi connectivity index (χ1v) is 6.21. The highest BCUT2D eigenvalue weighted by Gasteiger charge is 2.05. The van der Waals surface area contributed by atoms with Crippen molar-refractivity contribution in [3.8, 4) is 0 Å². The monoisotopic (exact) mass is 237 g/mol. The maximum atomic E-state index is 5.12. The molecule has 0 aromatic carbocycles. The highest BCUT2D eigenvalue weighted by atomic mass is 16.5. The molecule has 0 aliphatic carbocycles. The predicted molar refractivity (Wildman–Crippen MR) is 71.4 cm³/mol. The van der Waals surface area contributed by atoms with Gasteiger partial charge in [-0.3, -0.25) is 4.98 Å².